The Balaban J connectivity index is 1.86. The normalized spacial score (nSPS) is 11.9. The number of carbonyl (C=O) groups excluding carboxylic acids is 1. The van der Waals surface area contributed by atoms with Crippen molar-refractivity contribution in [1.82, 2.24) is 9.78 Å². The summed E-state index contributed by atoms with van der Waals surface area (Å²) in [5.74, 6) is -0.230. The zero-order valence-corrected chi connectivity index (χ0v) is 12.7. The molecule has 0 aliphatic rings. The molecule has 1 aromatic heterocycles. The van der Waals surface area contributed by atoms with E-state index in [0.717, 1.165) is 5.69 Å². The molecule has 5 nitrogen and oxygen atoms in total. The number of aromatic nitrogens is 2. The highest BCUT2D eigenvalue weighted by Gasteiger charge is 2.12. The van der Waals surface area contributed by atoms with Crippen LogP contribution >= 0.6 is 0 Å². The van der Waals surface area contributed by atoms with E-state index in [-0.39, 0.29) is 5.91 Å². The summed E-state index contributed by atoms with van der Waals surface area (Å²) in [4.78, 5) is 12.5. The Morgan fingerprint density at radius 3 is 2.74 bits per heavy atom. The van der Waals surface area contributed by atoms with E-state index in [1.54, 1.807) is 42.1 Å². The average molecular weight is 307 g/mol. The van der Waals surface area contributed by atoms with Crippen molar-refractivity contribution >= 4 is 11.6 Å². The van der Waals surface area contributed by atoms with Crippen molar-refractivity contribution in [3.8, 4) is 5.69 Å². The van der Waals surface area contributed by atoms with Crippen LogP contribution in [0.1, 0.15) is 28.9 Å². The number of aliphatic hydroxyl groups excluding tert-OH is 1. The van der Waals surface area contributed by atoms with E-state index in [2.05, 4.69) is 10.4 Å². The fourth-order valence-corrected chi connectivity index (χ4v) is 2.38. The third kappa shape index (κ3) is 3.30. The van der Waals surface area contributed by atoms with Crippen LogP contribution in [0.3, 0.4) is 0 Å². The molecule has 0 fully saturated rings. The van der Waals surface area contributed by atoms with Gasteiger partial charge in [-0.25, -0.2) is 4.68 Å². The van der Waals surface area contributed by atoms with Crippen LogP contribution in [0.25, 0.3) is 5.69 Å². The number of nitrogens with one attached hydrogen (secondary N) is 1. The minimum Gasteiger partial charge on any atom is -0.389 e. The first kappa shape index (κ1) is 15.0. The number of hydrogen-bond donors (Lipinski definition) is 2. The number of benzene rings is 2. The van der Waals surface area contributed by atoms with Gasteiger partial charge >= 0.3 is 0 Å². The molecule has 1 amide bonds. The van der Waals surface area contributed by atoms with E-state index in [1.807, 2.05) is 36.5 Å². The molecule has 2 aromatic carbocycles. The molecule has 0 aliphatic heterocycles. The average Bonchev–Trinajstić information content (AvgIpc) is 3.10. The van der Waals surface area contributed by atoms with Crippen molar-refractivity contribution in [2.45, 2.75) is 13.0 Å². The number of anilines is 1. The first-order chi connectivity index (χ1) is 11.1. The van der Waals surface area contributed by atoms with Gasteiger partial charge in [-0.1, -0.05) is 24.3 Å². The predicted molar refractivity (Wildman–Crippen MR) is 88.6 cm³/mol. The summed E-state index contributed by atoms with van der Waals surface area (Å²) in [5.41, 5.74) is 2.63. The topological polar surface area (TPSA) is 67.2 Å². The second kappa shape index (κ2) is 6.46. The van der Waals surface area contributed by atoms with Gasteiger partial charge in [0.05, 0.1) is 11.8 Å². The molecule has 23 heavy (non-hydrogen) atoms. The lowest BCUT2D eigenvalue weighted by Crippen LogP contribution is -2.14. The van der Waals surface area contributed by atoms with Crippen molar-refractivity contribution in [1.29, 1.82) is 0 Å². The number of para-hydroxylation sites is 1. The molecule has 0 saturated heterocycles. The van der Waals surface area contributed by atoms with E-state index >= 15 is 0 Å². The zero-order valence-electron chi connectivity index (χ0n) is 12.7. The molecule has 0 aliphatic carbocycles. The van der Waals surface area contributed by atoms with Crippen LogP contribution in [0.5, 0.6) is 0 Å². The third-order valence-corrected chi connectivity index (χ3v) is 3.54. The van der Waals surface area contributed by atoms with Crippen molar-refractivity contribution in [3.05, 3.63) is 78.1 Å². The van der Waals surface area contributed by atoms with Crippen molar-refractivity contribution in [2.75, 3.05) is 5.32 Å². The largest absolute Gasteiger partial charge is 0.389 e. The zero-order chi connectivity index (χ0) is 16.2. The molecular formula is C18H17N3O2. The number of amides is 1. The molecule has 2 N–H and O–H groups in total. The summed E-state index contributed by atoms with van der Waals surface area (Å²) < 4.78 is 1.69. The van der Waals surface area contributed by atoms with E-state index in [0.29, 0.717) is 16.8 Å². The lowest BCUT2D eigenvalue weighted by Gasteiger charge is -2.13. The monoisotopic (exact) mass is 307 g/mol. The summed E-state index contributed by atoms with van der Waals surface area (Å²) in [7, 11) is 0. The quantitative estimate of drug-likeness (QED) is 0.778. The molecule has 1 heterocycles. The van der Waals surface area contributed by atoms with Gasteiger partial charge in [0.15, 0.2) is 0 Å². The fourth-order valence-electron chi connectivity index (χ4n) is 2.38. The Morgan fingerprint density at radius 2 is 2.00 bits per heavy atom. The Morgan fingerprint density at radius 1 is 1.17 bits per heavy atom. The van der Waals surface area contributed by atoms with Gasteiger partial charge in [-0.15, -0.1) is 0 Å². The molecule has 3 aromatic rings. The second-order valence-corrected chi connectivity index (χ2v) is 5.22. The van der Waals surface area contributed by atoms with E-state index < -0.39 is 6.10 Å². The fraction of sp³-hybridized carbons (Fsp3) is 0.111. The van der Waals surface area contributed by atoms with Crippen LogP contribution in [-0.4, -0.2) is 20.8 Å². The summed E-state index contributed by atoms with van der Waals surface area (Å²) >= 11 is 0. The Labute approximate surface area is 134 Å². The highest BCUT2D eigenvalue weighted by molar-refractivity contribution is 6.05. The predicted octanol–water partition coefficient (Wildman–Crippen LogP) is 3.18. The number of hydrogen-bond acceptors (Lipinski definition) is 3. The highest BCUT2D eigenvalue weighted by Crippen LogP contribution is 2.23. The van der Waals surface area contributed by atoms with Crippen LogP contribution in [0.2, 0.25) is 0 Å². The van der Waals surface area contributed by atoms with E-state index in [1.165, 1.54) is 0 Å². The first-order valence-electron chi connectivity index (χ1n) is 7.33. The smallest absolute Gasteiger partial charge is 0.255 e. The van der Waals surface area contributed by atoms with Gasteiger partial charge in [-0.2, -0.15) is 5.10 Å². The summed E-state index contributed by atoms with van der Waals surface area (Å²) in [6, 6.07) is 16.3. The number of aliphatic hydroxyl groups is 1. The number of rotatable bonds is 4. The molecule has 0 spiro atoms. The van der Waals surface area contributed by atoms with E-state index in [9.17, 15) is 9.90 Å². The SMILES string of the molecule is CC(O)c1ccccc1NC(=O)c1cccc(-n2cccn2)c1. The maximum Gasteiger partial charge on any atom is 0.255 e. The molecule has 0 radical (unpaired) electrons. The molecule has 5 heteroatoms. The minimum absolute atomic E-state index is 0.230. The van der Waals surface area contributed by atoms with Crippen molar-refractivity contribution in [2.24, 2.45) is 0 Å². The van der Waals surface area contributed by atoms with Crippen LogP contribution in [-0.2, 0) is 0 Å². The van der Waals surface area contributed by atoms with Crippen LogP contribution < -0.4 is 5.32 Å². The molecule has 0 saturated carbocycles. The standard InChI is InChI=1S/C18H17N3O2/c1-13(22)16-8-2-3-9-17(16)20-18(23)14-6-4-7-15(12-14)21-11-5-10-19-21/h2-13,22H,1H3,(H,20,23). The molecule has 3 rings (SSSR count). The van der Waals surface area contributed by atoms with Gasteiger partial charge in [-0.3, -0.25) is 4.79 Å². The van der Waals surface area contributed by atoms with Crippen molar-refractivity contribution < 1.29 is 9.90 Å². The molecule has 116 valence electrons. The number of carbonyl (C=O) groups is 1. The summed E-state index contributed by atoms with van der Waals surface area (Å²) in [6.07, 6.45) is 2.85. The first-order valence-corrected chi connectivity index (χ1v) is 7.33. The molecular weight excluding hydrogens is 290 g/mol. The molecule has 0 bridgehead atoms. The highest BCUT2D eigenvalue weighted by atomic mass is 16.3. The Kier molecular flexibility index (Phi) is 4.21. The Bertz CT molecular complexity index is 811. The van der Waals surface area contributed by atoms with Gasteiger partial charge in [0.25, 0.3) is 5.91 Å². The maximum atomic E-state index is 12.5. The molecule has 1 unspecified atom stereocenters. The minimum atomic E-state index is -0.651. The van der Waals surface area contributed by atoms with Gasteiger partial charge in [-0.05, 0) is 37.3 Å². The van der Waals surface area contributed by atoms with Crippen LogP contribution in [0, 0.1) is 0 Å². The summed E-state index contributed by atoms with van der Waals surface area (Å²) in [6.45, 7) is 1.67. The van der Waals surface area contributed by atoms with Gasteiger partial charge < -0.3 is 10.4 Å². The summed E-state index contributed by atoms with van der Waals surface area (Å²) in [5, 5.41) is 16.8. The van der Waals surface area contributed by atoms with Crippen LogP contribution in [0.4, 0.5) is 5.69 Å². The Hall–Kier alpha value is -2.92. The second-order valence-electron chi connectivity index (χ2n) is 5.22. The van der Waals surface area contributed by atoms with E-state index in [4.69, 9.17) is 0 Å². The van der Waals surface area contributed by atoms with Gasteiger partial charge in [0.1, 0.15) is 0 Å². The lowest BCUT2D eigenvalue weighted by molar-refractivity contribution is 0.102. The van der Waals surface area contributed by atoms with Gasteiger partial charge in [0, 0.05) is 29.2 Å². The molecule has 1 atom stereocenters. The maximum absolute atomic E-state index is 12.5. The third-order valence-electron chi connectivity index (χ3n) is 3.54. The van der Waals surface area contributed by atoms with Crippen molar-refractivity contribution in [3.63, 3.8) is 0 Å². The van der Waals surface area contributed by atoms with Gasteiger partial charge in [0.2, 0.25) is 0 Å². The van der Waals surface area contributed by atoms with Crippen LogP contribution in [0.15, 0.2) is 67.0 Å². The number of nitrogens with zero attached hydrogens (tertiary/aromatic N) is 2. The lowest BCUT2D eigenvalue weighted by atomic mass is 10.1.